The molecule has 0 atom stereocenters. The van der Waals surface area contributed by atoms with Crippen molar-refractivity contribution in [2.75, 3.05) is 27.8 Å². The van der Waals surface area contributed by atoms with Crippen molar-refractivity contribution in [1.82, 2.24) is 4.90 Å². The second-order valence-electron chi connectivity index (χ2n) is 2.66. The lowest BCUT2D eigenvalue weighted by atomic mass is 10.3. The van der Waals surface area contributed by atoms with Crippen molar-refractivity contribution in [3.63, 3.8) is 0 Å². The highest BCUT2D eigenvalue weighted by Gasteiger charge is 1.98. The number of likely N-dealkylation sites (N-methyl/N-ethyl adjacent to an activating group) is 1. The van der Waals surface area contributed by atoms with Gasteiger partial charge in [0.2, 0.25) is 5.91 Å². The summed E-state index contributed by atoms with van der Waals surface area (Å²) >= 11 is 0. The molecule has 0 aromatic carbocycles. The summed E-state index contributed by atoms with van der Waals surface area (Å²) in [5, 5.41) is 0. The van der Waals surface area contributed by atoms with Gasteiger partial charge in [0.05, 0.1) is 6.61 Å². The molecule has 11 heavy (non-hydrogen) atoms. The quantitative estimate of drug-likeness (QED) is 0.563. The van der Waals surface area contributed by atoms with Crippen LogP contribution in [0.15, 0.2) is 11.6 Å². The average molecular weight is 157 g/mol. The molecule has 0 aliphatic heterocycles. The van der Waals surface area contributed by atoms with Gasteiger partial charge in [-0.3, -0.25) is 4.79 Å². The number of methoxy groups -OCH3 is 1. The molecule has 0 aliphatic carbocycles. The zero-order valence-corrected chi connectivity index (χ0v) is 7.55. The van der Waals surface area contributed by atoms with Gasteiger partial charge in [-0.2, -0.15) is 0 Å². The fraction of sp³-hybridized carbons (Fsp3) is 0.625. The summed E-state index contributed by atoms with van der Waals surface area (Å²) in [4.78, 5) is 12.5. The standard InChI is InChI=1S/C8H15NO2/c1-7(6-11-4)5-8(10)9(2)3/h5H,6H2,1-4H3/b7-5+. The number of hydrogen-bond acceptors (Lipinski definition) is 2. The Labute approximate surface area is 67.6 Å². The summed E-state index contributed by atoms with van der Waals surface area (Å²) in [6, 6.07) is 0. The van der Waals surface area contributed by atoms with Crippen molar-refractivity contribution in [2.45, 2.75) is 6.92 Å². The van der Waals surface area contributed by atoms with Crippen LogP contribution in [-0.2, 0) is 9.53 Å². The molecule has 0 saturated carbocycles. The third-order valence-electron chi connectivity index (χ3n) is 1.18. The minimum atomic E-state index is -0.000417. The Bertz CT molecular complexity index is 161. The van der Waals surface area contributed by atoms with Gasteiger partial charge in [0.25, 0.3) is 0 Å². The molecule has 0 aromatic heterocycles. The lowest BCUT2D eigenvalue weighted by Gasteiger charge is -2.06. The second-order valence-corrected chi connectivity index (χ2v) is 2.66. The summed E-state index contributed by atoms with van der Waals surface area (Å²) in [5.74, 6) is -0.000417. The number of hydrogen-bond donors (Lipinski definition) is 0. The topological polar surface area (TPSA) is 29.5 Å². The van der Waals surface area contributed by atoms with Gasteiger partial charge in [0.1, 0.15) is 0 Å². The molecule has 3 nitrogen and oxygen atoms in total. The first-order valence-corrected chi connectivity index (χ1v) is 3.45. The largest absolute Gasteiger partial charge is 0.380 e. The Morgan fingerprint density at radius 2 is 2.09 bits per heavy atom. The molecule has 0 N–H and O–H groups in total. The maximum atomic E-state index is 11.0. The number of carbonyl (C=O) groups excluding carboxylic acids is 1. The first-order chi connectivity index (χ1) is 5.07. The fourth-order valence-corrected chi connectivity index (χ4v) is 0.609. The van der Waals surface area contributed by atoms with E-state index in [1.807, 2.05) is 6.92 Å². The van der Waals surface area contributed by atoms with Gasteiger partial charge in [-0.05, 0) is 12.5 Å². The van der Waals surface area contributed by atoms with Crippen LogP contribution < -0.4 is 0 Å². The Balaban J connectivity index is 3.97. The molecule has 3 heteroatoms. The molecule has 0 bridgehead atoms. The predicted molar refractivity (Wildman–Crippen MR) is 44.3 cm³/mol. The van der Waals surface area contributed by atoms with E-state index in [-0.39, 0.29) is 5.91 Å². The highest BCUT2D eigenvalue weighted by atomic mass is 16.5. The second kappa shape index (κ2) is 4.91. The highest BCUT2D eigenvalue weighted by molar-refractivity contribution is 5.87. The van der Waals surface area contributed by atoms with E-state index in [1.54, 1.807) is 27.3 Å². The molecular weight excluding hydrogens is 142 g/mol. The molecule has 64 valence electrons. The van der Waals surface area contributed by atoms with E-state index < -0.39 is 0 Å². The van der Waals surface area contributed by atoms with E-state index in [1.165, 1.54) is 4.90 Å². The molecule has 0 aliphatic rings. The van der Waals surface area contributed by atoms with Crippen LogP contribution in [-0.4, -0.2) is 38.6 Å². The van der Waals surface area contributed by atoms with Gasteiger partial charge < -0.3 is 9.64 Å². The van der Waals surface area contributed by atoms with Crippen LogP contribution in [0.2, 0.25) is 0 Å². The van der Waals surface area contributed by atoms with Crippen molar-refractivity contribution >= 4 is 5.91 Å². The monoisotopic (exact) mass is 157 g/mol. The normalized spacial score (nSPS) is 11.5. The Hall–Kier alpha value is -0.830. The minimum absolute atomic E-state index is 0.000417. The maximum absolute atomic E-state index is 11.0. The van der Waals surface area contributed by atoms with Gasteiger partial charge in [-0.15, -0.1) is 0 Å². The molecule has 0 spiro atoms. The molecule has 0 fully saturated rings. The molecule has 0 unspecified atom stereocenters. The van der Waals surface area contributed by atoms with Crippen LogP contribution in [0.5, 0.6) is 0 Å². The average Bonchev–Trinajstić information content (AvgIpc) is 1.87. The van der Waals surface area contributed by atoms with Gasteiger partial charge in [0, 0.05) is 27.3 Å². The molecule has 0 heterocycles. The molecular formula is C8H15NO2. The van der Waals surface area contributed by atoms with Crippen LogP contribution in [0.25, 0.3) is 0 Å². The lowest BCUT2D eigenvalue weighted by Crippen LogP contribution is -2.19. The Kier molecular flexibility index (Phi) is 4.54. The summed E-state index contributed by atoms with van der Waals surface area (Å²) in [6.07, 6.45) is 1.57. The fourth-order valence-electron chi connectivity index (χ4n) is 0.609. The van der Waals surface area contributed by atoms with Crippen molar-refractivity contribution < 1.29 is 9.53 Å². The lowest BCUT2D eigenvalue weighted by molar-refractivity contribution is -0.123. The minimum Gasteiger partial charge on any atom is -0.380 e. The van der Waals surface area contributed by atoms with E-state index >= 15 is 0 Å². The van der Waals surface area contributed by atoms with Crippen molar-refractivity contribution in [3.8, 4) is 0 Å². The van der Waals surface area contributed by atoms with Crippen molar-refractivity contribution in [2.24, 2.45) is 0 Å². The van der Waals surface area contributed by atoms with E-state index in [0.717, 1.165) is 5.57 Å². The summed E-state index contributed by atoms with van der Waals surface area (Å²) in [5.41, 5.74) is 0.936. The maximum Gasteiger partial charge on any atom is 0.246 e. The number of ether oxygens (including phenoxy) is 1. The summed E-state index contributed by atoms with van der Waals surface area (Å²) in [7, 11) is 5.05. The van der Waals surface area contributed by atoms with Crippen LogP contribution in [0.1, 0.15) is 6.92 Å². The predicted octanol–water partition coefficient (Wildman–Crippen LogP) is 0.667. The first-order valence-electron chi connectivity index (χ1n) is 3.45. The van der Waals surface area contributed by atoms with Gasteiger partial charge in [0.15, 0.2) is 0 Å². The molecule has 0 rings (SSSR count). The van der Waals surface area contributed by atoms with E-state index in [4.69, 9.17) is 4.74 Å². The van der Waals surface area contributed by atoms with Crippen LogP contribution >= 0.6 is 0 Å². The van der Waals surface area contributed by atoms with E-state index in [0.29, 0.717) is 6.61 Å². The molecule has 0 radical (unpaired) electrons. The number of rotatable bonds is 3. The molecule has 0 aromatic rings. The zero-order chi connectivity index (χ0) is 8.85. The van der Waals surface area contributed by atoms with Crippen LogP contribution in [0, 0.1) is 0 Å². The molecule has 1 amide bonds. The summed E-state index contributed by atoms with van der Waals surface area (Å²) in [6.45, 7) is 2.38. The van der Waals surface area contributed by atoms with Gasteiger partial charge in [-0.1, -0.05) is 0 Å². The molecule has 0 saturated heterocycles. The van der Waals surface area contributed by atoms with Crippen LogP contribution in [0.4, 0.5) is 0 Å². The first kappa shape index (κ1) is 10.2. The number of carbonyl (C=O) groups is 1. The highest BCUT2D eigenvalue weighted by Crippen LogP contribution is 1.93. The Morgan fingerprint density at radius 3 is 2.45 bits per heavy atom. The third-order valence-corrected chi connectivity index (χ3v) is 1.18. The zero-order valence-electron chi connectivity index (χ0n) is 7.55. The smallest absolute Gasteiger partial charge is 0.246 e. The van der Waals surface area contributed by atoms with E-state index in [2.05, 4.69) is 0 Å². The number of nitrogens with zero attached hydrogens (tertiary/aromatic N) is 1. The van der Waals surface area contributed by atoms with Crippen molar-refractivity contribution in [1.29, 1.82) is 0 Å². The third kappa shape index (κ3) is 4.56. The van der Waals surface area contributed by atoms with Gasteiger partial charge >= 0.3 is 0 Å². The van der Waals surface area contributed by atoms with E-state index in [9.17, 15) is 4.79 Å². The Morgan fingerprint density at radius 1 is 1.55 bits per heavy atom. The SMILES string of the molecule is COC/C(C)=C/C(=O)N(C)C. The van der Waals surface area contributed by atoms with Crippen molar-refractivity contribution in [3.05, 3.63) is 11.6 Å². The summed E-state index contributed by atoms with van der Waals surface area (Å²) < 4.78 is 4.85. The van der Waals surface area contributed by atoms with Crippen LogP contribution in [0.3, 0.4) is 0 Å². The van der Waals surface area contributed by atoms with Gasteiger partial charge in [-0.25, -0.2) is 0 Å². The number of amides is 1.